The largest absolute Gasteiger partial charge is 0.492 e. The lowest BCUT2D eigenvalue weighted by atomic mass is 10.1. The van der Waals surface area contributed by atoms with Crippen LogP contribution < -0.4 is 10.1 Å². The van der Waals surface area contributed by atoms with Crippen LogP contribution in [-0.2, 0) is 6.54 Å². The lowest BCUT2D eigenvalue weighted by Crippen LogP contribution is -2.22. The molecule has 2 heteroatoms. The second-order valence-electron chi connectivity index (χ2n) is 4.45. The first-order valence-electron chi connectivity index (χ1n) is 6.02. The summed E-state index contributed by atoms with van der Waals surface area (Å²) in [6.07, 6.45) is 5.85. The fourth-order valence-electron chi connectivity index (χ4n) is 1.52. The Hall–Kier alpha value is -1.46. The summed E-state index contributed by atoms with van der Waals surface area (Å²) in [4.78, 5) is 0. The van der Waals surface area contributed by atoms with E-state index in [1.165, 1.54) is 11.1 Å². The molecule has 0 fully saturated rings. The molecule has 0 aliphatic rings. The summed E-state index contributed by atoms with van der Waals surface area (Å²) in [6.45, 7) is 7.76. The predicted molar refractivity (Wildman–Crippen MR) is 72.1 cm³/mol. The molecule has 0 aromatic heterocycles. The number of benzene rings is 1. The standard InChI is InChI=1S/C15H21NO/c1-5-6-9-17-15-8-7-13(4)10-14(15)11-16-12(2)3/h1,7-8,10,12,16H,6,9,11H2,2-4H3. The molecule has 17 heavy (non-hydrogen) atoms. The molecular weight excluding hydrogens is 210 g/mol. The Labute approximate surface area is 104 Å². The van der Waals surface area contributed by atoms with Gasteiger partial charge in [-0.05, 0) is 13.0 Å². The van der Waals surface area contributed by atoms with Crippen molar-refractivity contribution in [3.63, 3.8) is 0 Å². The van der Waals surface area contributed by atoms with E-state index in [-0.39, 0.29) is 0 Å². The molecular formula is C15H21NO. The lowest BCUT2D eigenvalue weighted by Gasteiger charge is -2.14. The Balaban J connectivity index is 2.70. The molecule has 1 N–H and O–H groups in total. The zero-order valence-electron chi connectivity index (χ0n) is 10.9. The van der Waals surface area contributed by atoms with Crippen LogP contribution in [-0.4, -0.2) is 12.6 Å². The van der Waals surface area contributed by atoms with Gasteiger partial charge in [-0.1, -0.05) is 31.5 Å². The van der Waals surface area contributed by atoms with Gasteiger partial charge >= 0.3 is 0 Å². The van der Waals surface area contributed by atoms with Gasteiger partial charge in [0.25, 0.3) is 0 Å². The smallest absolute Gasteiger partial charge is 0.123 e. The summed E-state index contributed by atoms with van der Waals surface area (Å²) >= 11 is 0. The van der Waals surface area contributed by atoms with Gasteiger partial charge in [-0.2, -0.15) is 0 Å². The molecule has 0 spiro atoms. The fraction of sp³-hybridized carbons (Fsp3) is 0.467. The summed E-state index contributed by atoms with van der Waals surface area (Å²) in [5.74, 6) is 3.51. The third-order valence-corrected chi connectivity index (χ3v) is 2.42. The molecule has 1 aromatic rings. The zero-order chi connectivity index (χ0) is 12.7. The number of rotatable bonds is 6. The van der Waals surface area contributed by atoms with E-state index >= 15 is 0 Å². The minimum atomic E-state index is 0.467. The van der Waals surface area contributed by atoms with E-state index < -0.39 is 0 Å². The van der Waals surface area contributed by atoms with Crippen molar-refractivity contribution in [3.05, 3.63) is 29.3 Å². The Bertz CT molecular complexity index is 390. The number of hydrogen-bond donors (Lipinski definition) is 1. The first-order valence-corrected chi connectivity index (χ1v) is 6.02. The molecule has 0 amide bonds. The van der Waals surface area contributed by atoms with E-state index in [9.17, 15) is 0 Å². The van der Waals surface area contributed by atoms with Gasteiger partial charge in [-0.25, -0.2) is 0 Å². The van der Waals surface area contributed by atoms with Gasteiger partial charge in [-0.15, -0.1) is 12.3 Å². The highest BCUT2D eigenvalue weighted by Gasteiger charge is 2.04. The van der Waals surface area contributed by atoms with E-state index in [0.29, 0.717) is 19.1 Å². The summed E-state index contributed by atoms with van der Waals surface area (Å²) in [5.41, 5.74) is 2.44. The van der Waals surface area contributed by atoms with Gasteiger partial charge in [0, 0.05) is 24.6 Å². The minimum absolute atomic E-state index is 0.467. The quantitative estimate of drug-likeness (QED) is 0.600. The van der Waals surface area contributed by atoms with Gasteiger partial charge in [0.05, 0.1) is 6.61 Å². The molecule has 0 atom stereocenters. The first kappa shape index (κ1) is 13.6. The molecule has 2 nitrogen and oxygen atoms in total. The monoisotopic (exact) mass is 231 g/mol. The fourth-order valence-corrected chi connectivity index (χ4v) is 1.52. The SMILES string of the molecule is C#CCCOc1ccc(C)cc1CNC(C)C. The van der Waals surface area contributed by atoms with E-state index in [1.54, 1.807) is 0 Å². The Morgan fingerprint density at radius 3 is 2.82 bits per heavy atom. The maximum atomic E-state index is 5.68. The van der Waals surface area contributed by atoms with Gasteiger partial charge < -0.3 is 10.1 Å². The molecule has 0 bridgehead atoms. The van der Waals surface area contributed by atoms with Crippen molar-refractivity contribution in [3.8, 4) is 18.1 Å². The summed E-state index contributed by atoms with van der Waals surface area (Å²) < 4.78 is 5.68. The molecule has 1 rings (SSSR count). The number of terminal acetylenes is 1. The summed E-state index contributed by atoms with van der Waals surface area (Å²) in [6, 6.07) is 6.70. The topological polar surface area (TPSA) is 21.3 Å². The molecule has 1 aromatic carbocycles. The zero-order valence-corrected chi connectivity index (χ0v) is 10.9. The van der Waals surface area contributed by atoms with E-state index in [4.69, 9.17) is 11.2 Å². The molecule has 0 saturated carbocycles. The van der Waals surface area contributed by atoms with Crippen molar-refractivity contribution in [2.45, 2.75) is 39.8 Å². The van der Waals surface area contributed by atoms with Crippen LogP contribution >= 0.6 is 0 Å². The Kier molecular flexibility index (Phi) is 5.59. The number of aryl methyl sites for hydroxylation is 1. The third kappa shape index (κ3) is 4.93. The van der Waals surface area contributed by atoms with E-state index in [1.807, 2.05) is 6.07 Å². The maximum Gasteiger partial charge on any atom is 0.123 e. The molecule has 0 unspecified atom stereocenters. The average Bonchev–Trinajstić information content (AvgIpc) is 2.29. The third-order valence-electron chi connectivity index (χ3n) is 2.42. The minimum Gasteiger partial charge on any atom is -0.492 e. The van der Waals surface area contributed by atoms with Crippen LogP contribution in [0.4, 0.5) is 0 Å². The van der Waals surface area contributed by atoms with Crippen molar-refractivity contribution in [1.82, 2.24) is 5.32 Å². The number of nitrogens with one attached hydrogen (secondary N) is 1. The molecule has 0 saturated heterocycles. The molecule has 0 aliphatic carbocycles. The second-order valence-corrected chi connectivity index (χ2v) is 4.45. The van der Waals surface area contributed by atoms with Crippen molar-refractivity contribution in [1.29, 1.82) is 0 Å². The summed E-state index contributed by atoms with van der Waals surface area (Å²) in [5, 5.41) is 3.40. The highest BCUT2D eigenvalue weighted by atomic mass is 16.5. The van der Waals surface area contributed by atoms with Crippen LogP contribution in [0, 0.1) is 19.3 Å². The highest BCUT2D eigenvalue weighted by Crippen LogP contribution is 2.20. The van der Waals surface area contributed by atoms with Crippen LogP contribution in [0.2, 0.25) is 0 Å². The van der Waals surface area contributed by atoms with Crippen molar-refractivity contribution in [2.75, 3.05) is 6.61 Å². The van der Waals surface area contributed by atoms with Crippen LogP contribution in [0.15, 0.2) is 18.2 Å². The van der Waals surface area contributed by atoms with Gasteiger partial charge in [0.1, 0.15) is 5.75 Å². The van der Waals surface area contributed by atoms with Crippen LogP contribution in [0.25, 0.3) is 0 Å². The molecule has 92 valence electrons. The maximum absolute atomic E-state index is 5.68. The lowest BCUT2D eigenvalue weighted by molar-refractivity contribution is 0.322. The van der Waals surface area contributed by atoms with Gasteiger partial charge in [0.2, 0.25) is 0 Å². The number of hydrogen-bond acceptors (Lipinski definition) is 2. The van der Waals surface area contributed by atoms with Crippen molar-refractivity contribution >= 4 is 0 Å². The molecule has 0 radical (unpaired) electrons. The van der Waals surface area contributed by atoms with Crippen molar-refractivity contribution in [2.24, 2.45) is 0 Å². The van der Waals surface area contributed by atoms with E-state index in [2.05, 4.69) is 44.1 Å². The molecule has 0 heterocycles. The van der Waals surface area contributed by atoms with Crippen LogP contribution in [0.1, 0.15) is 31.4 Å². The molecule has 0 aliphatic heterocycles. The van der Waals surface area contributed by atoms with Crippen LogP contribution in [0.3, 0.4) is 0 Å². The first-order chi connectivity index (χ1) is 8.13. The Morgan fingerprint density at radius 1 is 1.41 bits per heavy atom. The Morgan fingerprint density at radius 2 is 2.18 bits per heavy atom. The van der Waals surface area contributed by atoms with Gasteiger partial charge in [-0.3, -0.25) is 0 Å². The summed E-state index contributed by atoms with van der Waals surface area (Å²) in [7, 11) is 0. The normalized spacial score (nSPS) is 10.3. The van der Waals surface area contributed by atoms with Crippen molar-refractivity contribution < 1.29 is 4.74 Å². The second kappa shape index (κ2) is 6.98. The van der Waals surface area contributed by atoms with E-state index in [0.717, 1.165) is 12.3 Å². The van der Waals surface area contributed by atoms with Crippen LogP contribution in [0.5, 0.6) is 5.75 Å². The van der Waals surface area contributed by atoms with Gasteiger partial charge in [0.15, 0.2) is 0 Å². The predicted octanol–water partition coefficient (Wildman–Crippen LogP) is 2.90. The average molecular weight is 231 g/mol. The number of ether oxygens (including phenoxy) is 1. The highest BCUT2D eigenvalue weighted by molar-refractivity contribution is 5.36.